The molecule has 1 saturated heterocycles. The van der Waals surface area contributed by atoms with E-state index in [1.54, 1.807) is 24.4 Å². The van der Waals surface area contributed by atoms with Crippen molar-refractivity contribution in [2.75, 3.05) is 37.7 Å². The molecule has 8 heteroatoms. The van der Waals surface area contributed by atoms with Gasteiger partial charge in [-0.05, 0) is 48.4 Å². The molecule has 0 N–H and O–H groups in total. The molecular formula is C22H22FN3O3S. The van der Waals surface area contributed by atoms with E-state index in [4.69, 9.17) is 4.74 Å². The van der Waals surface area contributed by atoms with E-state index >= 15 is 0 Å². The lowest BCUT2D eigenvalue weighted by Gasteiger charge is -2.26. The van der Waals surface area contributed by atoms with Crippen molar-refractivity contribution in [3.8, 4) is 0 Å². The van der Waals surface area contributed by atoms with Gasteiger partial charge in [0.15, 0.2) is 0 Å². The zero-order valence-corrected chi connectivity index (χ0v) is 17.2. The zero-order valence-electron chi connectivity index (χ0n) is 16.4. The number of halogens is 1. The highest BCUT2D eigenvalue weighted by molar-refractivity contribution is 7.89. The molecule has 0 unspecified atom stereocenters. The first-order chi connectivity index (χ1) is 14.5. The van der Waals surface area contributed by atoms with Gasteiger partial charge in [-0.2, -0.15) is 4.31 Å². The topological polar surface area (TPSA) is 62.7 Å². The largest absolute Gasteiger partial charge is 0.379 e. The van der Waals surface area contributed by atoms with Crippen molar-refractivity contribution in [3.05, 3.63) is 65.6 Å². The normalized spacial score (nSPS) is 17.4. The molecule has 0 atom stereocenters. The molecule has 5 rings (SSSR count). The molecule has 3 heterocycles. The van der Waals surface area contributed by atoms with Crippen LogP contribution in [0.4, 0.5) is 10.1 Å². The summed E-state index contributed by atoms with van der Waals surface area (Å²) < 4.78 is 46.8. The Balaban J connectivity index is 1.44. The van der Waals surface area contributed by atoms with E-state index in [0.29, 0.717) is 37.7 Å². The van der Waals surface area contributed by atoms with Crippen molar-refractivity contribution in [3.63, 3.8) is 0 Å². The smallest absolute Gasteiger partial charge is 0.243 e. The molecule has 0 amide bonds. The number of benzene rings is 2. The molecule has 0 radical (unpaired) electrons. The van der Waals surface area contributed by atoms with Gasteiger partial charge in [-0.15, -0.1) is 0 Å². The number of aromatic nitrogens is 1. The number of fused-ring (bicyclic) bond motifs is 2. The van der Waals surface area contributed by atoms with Crippen molar-refractivity contribution < 1.29 is 17.5 Å². The van der Waals surface area contributed by atoms with Crippen LogP contribution in [0.3, 0.4) is 0 Å². The van der Waals surface area contributed by atoms with E-state index in [0.717, 1.165) is 40.7 Å². The third-order valence-corrected chi connectivity index (χ3v) is 7.65. The fraction of sp³-hybridized carbons (Fsp3) is 0.318. The average molecular weight is 428 g/mol. The van der Waals surface area contributed by atoms with E-state index in [9.17, 15) is 12.8 Å². The molecule has 1 fully saturated rings. The van der Waals surface area contributed by atoms with Crippen LogP contribution < -0.4 is 4.90 Å². The Hall–Kier alpha value is -2.55. The van der Waals surface area contributed by atoms with Crippen LogP contribution in [0.5, 0.6) is 0 Å². The van der Waals surface area contributed by atoms with Gasteiger partial charge >= 0.3 is 0 Å². The minimum atomic E-state index is -3.52. The predicted octanol–water partition coefficient (Wildman–Crippen LogP) is 2.96. The Kier molecular flexibility index (Phi) is 4.92. The summed E-state index contributed by atoms with van der Waals surface area (Å²) in [6.45, 7) is 2.88. The first kappa shape index (κ1) is 19.4. The maximum atomic E-state index is 14.1. The first-order valence-electron chi connectivity index (χ1n) is 10.0. The zero-order chi connectivity index (χ0) is 20.7. The summed E-state index contributed by atoms with van der Waals surface area (Å²) in [7, 11) is -3.52. The molecule has 30 heavy (non-hydrogen) atoms. The predicted molar refractivity (Wildman–Crippen MR) is 112 cm³/mol. The van der Waals surface area contributed by atoms with Crippen molar-refractivity contribution in [2.24, 2.45) is 0 Å². The molecule has 1 aromatic heterocycles. The highest BCUT2D eigenvalue weighted by Crippen LogP contribution is 2.33. The fourth-order valence-corrected chi connectivity index (χ4v) is 5.72. The van der Waals surface area contributed by atoms with Crippen LogP contribution in [0.15, 0.2) is 53.6 Å². The lowest BCUT2D eigenvalue weighted by atomic mass is 10.1. The van der Waals surface area contributed by atoms with Gasteiger partial charge in [0.1, 0.15) is 5.82 Å². The third-order valence-electron chi connectivity index (χ3n) is 5.76. The van der Waals surface area contributed by atoms with Gasteiger partial charge in [-0.25, -0.2) is 12.8 Å². The minimum absolute atomic E-state index is 0.281. The van der Waals surface area contributed by atoms with E-state index in [-0.39, 0.29) is 5.82 Å². The molecule has 3 aromatic rings. The minimum Gasteiger partial charge on any atom is -0.379 e. The maximum Gasteiger partial charge on any atom is 0.243 e. The summed E-state index contributed by atoms with van der Waals surface area (Å²) in [6.07, 6.45) is 2.47. The van der Waals surface area contributed by atoms with Crippen LogP contribution in [-0.2, 0) is 27.7 Å². The van der Waals surface area contributed by atoms with Crippen LogP contribution in [-0.4, -0.2) is 50.6 Å². The molecule has 2 aliphatic rings. The van der Waals surface area contributed by atoms with Gasteiger partial charge in [0.2, 0.25) is 10.0 Å². The van der Waals surface area contributed by atoms with E-state index in [1.807, 2.05) is 12.1 Å². The van der Waals surface area contributed by atoms with Gasteiger partial charge in [0.05, 0.1) is 23.6 Å². The van der Waals surface area contributed by atoms with Gasteiger partial charge in [-0.1, -0.05) is 6.07 Å². The Morgan fingerprint density at radius 2 is 1.90 bits per heavy atom. The van der Waals surface area contributed by atoms with Crippen LogP contribution in [0, 0.1) is 5.82 Å². The number of pyridine rings is 1. The fourth-order valence-electron chi connectivity index (χ4n) is 4.26. The van der Waals surface area contributed by atoms with Crippen LogP contribution in [0.25, 0.3) is 10.9 Å². The number of hydrogen-bond acceptors (Lipinski definition) is 5. The standard InChI is InChI=1S/C22H22FN3O3S/c23-19-12-17-2-1-6-24-22(17)18(13-19)15-25-7-5-16-14-20(3-4-21(16)25)30(27,28)26-8-10-29-11-9-26/h1-4,6,12-14H,5,7-11,15H2. The average Bonchev–Trinajstić information content (AvgIpc) is 3.16. The molecule has 0 bridgehead atoms. The SMILES string of the molecule is O=S(=O)(c1ccc2c(c1)CCN2Cc1cc(F)cc2cccnc12)N1CCOCC1. The van der Waals surface area contributed by atoms with Gasteiger partial charge < -0.3 is 9.64 Å². The van der Waals surface area contributed by atoms with Crippen LogP contribution in [0.2, 0.25) is 0 Å². The highest BCUT2D eigenvalue weighted by atomic mass is 32.2. The van der Waals surface area contributed by atoms with Crippen molar-refractivity contribution in [1.29, 1.82) is 0 Å². The second-order valence-corrected chi connectivity index (χ2v) is 9.56. The quantitative estimate of drug-likeness (QED) is 0.641. The van der Waals surface area contributed by atoms with E-state index in [1.165, 1.54) is 16.4 Å². The van der Waals surface area contributed by atoms with Gasteiger partial charge in [-0.3, -0.25) is 4.98 Å². The summed E-state index contributed by atoms with van der Waals surface area (Å²) in [6, 6.07) is 12.0. The van der Waals surface area contributed by atoms with Crippen LogP contribution >= 0.6 is 0 Å². The number of hydrogen-bond donors (Lipinski definition) is 0. The number of morpholine rings is 1. The first-order valence-corrected chi connectivity index (χ1v) is 11.5. The van der Waals surface area contributed by atoms with Crippen molar-refractivity contribution in [2.45, 2.75) is 17.9 Å². The molecule has 2 aliphatic heterocycles. The van der Waals surface area contributed by atoms with Crippen molar-refractivity contribution in [1.82, 2.24) is 9.29 Å². The van der Waals surface area contributed by atoms with Crippen LogP contribution in [0.1, 0.15) is 11.1 Å². The summed E-state index contributed by atoms with van der Waals surface area (Å²) in [5.74, 6) is -0.281. The molecule has 0 aliphatic carbocycles. The molecule has 6 nitrogen and oxygen atoms in total. The molecule has 0 saturated carbocycles. The summed E-state index contributed by atoms with van der Waals surface area (Å²) >= 11 is 0. The lowest BCUT2D eigenvalue weighted by molar-refractivity contribution is 0.0730. The van der Waals surface area contributed by atoms with Gasteiger partial charge in [0.25, 0.3) is 0 Å². The number of sulfonamides is 1. The summed E-state index contributed by atoms with van der Waals surface area (Å²) in [4.78, 5) is 6.91. The Morgan fingerprint density at radius 3 is 2.73 bits per heavy atom. The molecule has 0 spiro atoms. The van der Waals surface area contributed by atoms with Crippen molar-refractivity contribution >= 4 is 26.6 Å². The number of rotatable bonds is 4. The molecule has 2 aromatic carbocycles. The summed E-state index contributed by atoms with van der Waals surface area (Å²) in [5.41, 5.74) is 3.60. The highest BCUT2D eigenvalue weighted by Gasteiger charge is 2.29. The Bertz CT molecular complexity index is 1210. The third kappa shape index (κ3) is 3.45. The number of ether oxygens (including phenoxy) is 1. The number of anilines is 1. The second kappa shape index (κ2) is 7.61. The second-order valence-electron chi connectivity index (χ2n) is 7.62. The number of nitrogens with zero attached hydrogens (tertiary/aromatic N) is 3. The molecular weight excluding hydrogens is 405 g/mol. The maximum absolute atomic E-state index is 14.1. The molecule has 156 valence electrons. The lowest BCUT2D eigenvalue weighted by Crippen LogP contribution is -2.40. The Labute approximate surface area is 174 Å². The van der Waals surface area contributed by atoms with Gasteiger partial charge in [0, 0.05) is 49.0 Å². The van der Waals surface area contributed by atoms with E-state index in [2.05, 4.69) is 9.88 Å². The monoisotopic (exact) mass is 427 g/mol. The Morgan fingerprint density at radius 1 is 1.07 bits per heavy atom. The summed E-state index contributed by atoms with van der Waals surface area (Å²) in [5, 5.41) is 0.777. The van der Waals surface area contributed by atoms with E-state index < -0.39 is 10.0 Å².